The molecule has 11 heteroatoms. The van der Waals surface area contributed by atoms with Crippen LogP contribution < -0.4 is 4.74 Å². The first-order valence-electron chi connectivity index (χ1n) is 11.5. The predicted molar refractivity (Wildman–Crippen MR) is 137 cm³/mol. The van der Waals surface area contributed by atoms with Crippen molar-refractivity contribution < 1.29 is 22.7 Å². The van der Waals surface area contributed by atoms with E-state index in [0.29, 0.717) is 29.4 Å². The van der Waals surface area contributed by atoms with Crippen molar-refractivity contribution in [1.82, 2.24) is 14.1 Å². The molecule has 0 N–H and O–H groups in total. The quantitative estimate of drug-likeness (QED) is 0.341. The average molecular weight is 552 g/mol. The van der Waals surface area contributed by atoms with E-state index in [-0.39, 0.29) is 29.0 Å². The van der Waals surface area contributed by atoms with Crippen LogP contribution in [-0.2, 0) is 32.5 Å². The highest BCUT2D eigenvalue weighted by atomic mass is 35.5. The molecule has 0 spiro atoms. The Morgan fingerprint density at radius 1 is 1.17 bits per heavy atom. The second kappa shape index (κ2) is 10.8. The largest absolute Gasteiger partial charge is 0.465 e. The number of esters is 1. The summed E-state index contributed by atoms with van der Waals surface area (Å²) in [5.74, 6) is 0.349. The lowest BCUT2D eigenvalue weighted by atomic mass is 9.93. The van der Waals surface area contributed by atoms with E-state index in [9.17, 15) is 13.2 Å². The van der Waals surface area contributed by atoms with Gasteiger partial charge in [-0.15, -0.1) is 0 Å². The van der Waals surface area contributed by atoms with Gasteiger partial charge in [-0.3, -0.25) is 9.48 Å². The lowest BCUT2D eigenvalue weighted by Gasteiger charge is -2.31. The van der Waals surface area contributed by atoms with Crippen LogP contribution in [0.25, 0.3) is 0 Å². The average Bonchev–Trinajstić information content (AvgIpc) is 3.25. The van der Waals surface area contributed by atoms with Crippen molar-refractivity contribution in [3.8, 4) is 11.5 Å². The van der Waals surface area contributed by atoms with Gasteiger partial charge in [-0.05, 0) is 69.0 Å². The molecule has 0 amide bonds. The molecule has 0 radical (unpaired) electrons. The fourth-order valence-corrected chi connectivity index (χ4v) is 6.14. The van der Waals surface area contributed by atoms with E-state index in [4.69, 9.17) is 32.7 Å². The van der Waals surface area contributed by atoms with E-state index in [1.54, 1.807) is 37.0 Å². The van der Waals surface area contributed by atoms with Gasteiger partial charge in [0, 0.05) is 18.3 Å². The van der Waals surface area contributed by atoms with Crippen LogP contribution in [0, 0.1) is 6.92 Å². The van der Waals surface area contributed by atoms with Gasteiger partial charge >= 0.3 is 5.97 Å². The van der Waals surface area contributed by atoms with Crippen LogP contribution >= 0.6 is 23.2 Å². The summed E-state index contributed by atoms with van der Waals surface area (Å²) in [6.07, 6.45) is 3.74. The van der Waals surface area contributed by atoms with Crippen LogP contribution in [0.5, 0.6) is 11.5 Å². The molecular formula is C25H27Cl2N3O5S. The molecule has 1 aliphatic carbocycles. The summed E-state index contributed by atoms with van der Waals surface area (Å²) < 4.78 is 40.9. The van der Waals surface area contributed by atoms with E-state index in [2.05, 4.69) is 5.10 Å². The number of aromatic nitrogens is 2. The van der Waals surface area contributed by atoms with E-state index in [1.165, 1.54) is 22.5 Å². The molecule has 8 nitrogen and oxygen atoms in total. The maximum absolute atomic E-state index is 13.5. The molecule has 3 aromatic rings. The third kappa shape index (κ3) is 5.39. The van der Waals surface area contributed by atoms with Crippen LogP contribution in [0.2, 0.25) is 10.0 Å². The van der Waals surface area contributed by atoms with Crippen LogP contribution in [-0.4, -0.2) is 42.1 Å². The molecule has 0 bridgehead atoms. The standard InChI is InChI=1S/C25H27Cl2N3O5S/c1-4-34-25(31)15-30-22-7-5-6-21(18(22)14-28-30)29(3)36(32,33)17-9-11-23(20(27)13-17)35-24-12-16(2)8-10-19(24)26/h8-14,21H,4-7,15H2,1-3H3. The van der Waals surface area contributed by atoms with E-state index >= 15 is 0 Å². The molecule has 0 fully saturated rings. The fraction of sp³-hybridized carbons (Fsp3) is 0.360. The topological polar surface area (TPSA) is 90.7 Å². The SMILES string of the molecule is CCOC(=O)Cn1ncc2c1CCCC2N(C)S(=O)(=O)c1ccc(Oc2cc(C)ccc2Cl)c(Cl)c1. The molecule has 0 aliphatic heterocycles. The Balaban J connectivity index is 1.57. The summed E-state index contributed by atoms with van der Waals surface area (Å²) in [6, 6.07) is 9.30. The number of hydrogen-bond acceptors (Lipinski definition) is 6. The number of hydrogen-bond donors (Lipinski definition) is 0. The molecule has 36 heavy (non-hydrogen) atoms. The normalized spacial score (nSPS) is 15.6. The van der Waals surface area contributed by atoms with Crippen LogP contribution in [0.1, 0.15) is 42.6 Å². The highest BCUT2D eigenvalue weighted by Gasteiger charge is 2.34. The molecule has 1 aromatic heterocycles. The summed E-state index contributed by atoms with van der Waals surface area (Å²) in [6.45, 7) is 3.94. The number of carbonyl (C=O) groups excluding carboxylic acids is 1. The molecule has 1 atom stereocenters. The highest BCUT2D eigenvalue weighted by molar-refractivity contribution is 7.89. The number of rotatable bonds is 8. The molecule has 4 rings (SSSR count). The minimum Gasteiger partial charge on any atom is -0.465 e. The Morgan fingerprint density at radius 2 is 1.94 bits per heavy atom. The molecule has 1 aliphatic rings. The Kier molecular flexibility index (Phi) is 7.94. The minimum absolute atomic E-state index is 0.00557. The summed E-state index contributed by atoms with van der Waals surface area (Å²) >= 11 is 12.6. The second-order valence-corrected chi connectivity index (χ2v) is 11.4. The maximum atomic E-state index is 13.5. The van der Waals surface area contributed by atoms with Gasteiger partial charge in [0.1, 0.15) is 18.0 Å². The third-order valence-corrected chi connectivity index (χ3v) is 8.61. The zero-order chi connectivity index (χ0) is 26.0. The van der Waals surface area contributed by atoms with Crippen LogP contribution in [0.4, 0.5) is 0 Å². The summed E-state index contributed by atoms with van der Waals surface area (Å²) in [5, 5.41) is 4.90. The van der Waals surface area contributed by atoms with Crippen molar-refractivity contribution in [3.05, 3.63) is 69.5 Å². The van der Waals surface area contributed by atoms with Gasteiger partial charge in [-0.1, -0.05) is 29.3 Å². The van der Waals surface area contributed by atoms with Crippen LogP contribution in [0.3, 0.4) is 0 Å². The first kappa shape index (κ1) is 26.5. The summed E-state index contributed by atoms with van der Waals surface area (Å²) in [5.41, 5.74) is 2.60. The first-order valence-corrected chi connectivity index (χ1v) is 13.7. The Morgan fingerprint density at radius 3 is 2.67 bits per heavy atom. The van der Waals surface area contributed by atoms with Crippen molar-refractivity contribution in [3.63, 3.8) is 0 Å². The third-order valence-electron chi connectivity index (χ3n) is 6.14. The lowest BCUT2D eigenvalue weighted by molar-refractivity contribution is -0.144. The van der Waals surface area contributed by atoms with Crippen molar-refractivity contribution in [2.24, 2.45) is 0 Å². The molecule has 1 unspecified atom stereocenters. The number of halogens is 2. The minimum atomic E-state index is -3.89. The number of aryl methyl sites for hydroxylation is 1. The van der Waals surface area contributed by atoms with Gasteiger partial charge in [0.2, 0.25) is 10.0 Å². The van der Waals surface area contributed by atoms with Gasteiger partial charge in [0.15, 0.2) is 0 Å². The predicted octanol–water partition coefficient (Wildman–Crippen LogP) is 5.55. The number of sulfonamides is 1. The number of carbonyl (C=O) groups is 1. The molecular weight excluding hydrogens is 525 g/mol. The van der Waals surface area contributed by atoms with Gasteiger partial charge < -0.3 is 9.47 Å². The Labute approximate surface area is 220 Å². The van der Waals surface area contributed by atoms with Crippen LogP contribution in [0.15, 0.2) is 47.5 Å². The lowest BCUT2D eigenvalue weighted by Crippen LogP contribution is -2.33. The number of fused-ring (bicyclic) bond motifs is 1. The summed E-state index contributed by atoms with van der Waals surface area (Å²) in [7, 11) is -2.35. The van der Waals surface area contributed by atoms with Crippen molar-refractivity contribution in [1.29, 1.82) is 0 Å². The van der Waals surface area contributed by atoms with Gasteiger partial charge in [0.25, 0.3) is 0 Å². The van der Waals surface area contributed by atoms with Gasteiger partial charge in [-0.25, -0.2) is 8.42 Å². The summed E-state index contributed by atoms with van der Waals surface area (Å²) in [4.78, 5) is 12.0. The number of nitrogens with zero attached hydrogens (tertiary/aromatic N) is 3. The smallest absolute Gasteiger partial charge is 0.327 e. The van der Waals surface area contributed by atoms with Gasteiger partial charge in [0.05, 0.1) is 33.8 Å². The van der Waals surface area contributed by atoms with Crippen molar-refractivity contribution >= 4 is 39.2 Å². The molecule has 0 saturated heterocycles. The molecule has 2 aromatic carbocycles. The maximum Gasteiger partial charge on any atom is 0.327 e. The first-order chi connectivity index (χ1) is 17.1. The van der Waals surface area contributed by atoms with E-state index in [1.807, 2.05) is 13.0 Å². The Hall–Kier alpha value is -2.59. The van der Waals surface area contributed by atoms with E-state index in [0.717, 1.165) is 23.2 Å². The molecule has 1 heterocycles. The molecule has 192 valence electrons. The van der Waals surface area contributed by atoms with Gasteiger partial charge in [-0.2, -0.15) is 9.40 Å². The highest BCUT2D eigenvalue weighted by Crippen LogP contribution is 2.39. The number of benzene rings is 2. The second-order valence-electron chi connectivity index (χ2n) is 8.57. The van der Waals surface area contributed by atoms with Crippen molar-refractivity contribution in [2.75, 3.05) is 13.7 Å². The fourth-order valence-electron chi connectivity index (χ4n) is 4.30. The number of ether oxygens (including phenoxy) is 2. The monoisotopic (exact) mass is 551 g/mol. The Bertz CT molecular complexity index is 1390. The molecule has 0 saturated carbocycles. The zero-order valence-electron chi connectivity index (χ0n) is 20.2. The van der Waals surface area contributed by atoms with Crippen molar-refractivity contribution in [2.45, 2.75) is 50.6 Å². The van der Waals surface area contributed by atoms with E-state index < -0.39 is 16.1 Å². The zero-order valence-corrected chi connectivity index (χ0v) is 22.5.